The summed E-state index contributed by atoms with van der Waals surface area (Å²) in [5, 5.41) is 6.05. The summed E-state index contributed by atoms with van der Waals surface area (Å²) in [4.78, 5) is 15.9. The number of carbonyl (C=O) groups excluding carboxylic acids is 1. The first-order chi connectivity index (χ1) is 13.3. The van der Waals surface area contributed by atoms with Crippen LogP contribution in [0.4, 0.5) is 0 Å². The molecule has 0 saturated carbocycles. The number of Topliss-reactive ketones (excluding diaryl/α,β-unsaturated/α-hetero) is 1. The molecule has 0 aliphatic carbocycles. The van der Waals surface area contributed by atoms with Gasteiger partial charge in [-0.05, 0) is 32.1 Å². The molecule has 0 spiro atoms. The Labute approximate surface area is 167 Å². The fourth-order valence-corrected chi connectivity index (χ4v) is 3.06. The van der Waals surface area contributed by atoms with Gasteiger partial charge in [0.1, 0.15) is 0 Å². The van der Waals surface area contributed by atoms with E-state index in [1.807, 2.05) is 0 Å². The molecule has 0 aromatic carbocycles. The third kappa shape index (κ3) is 16.7. The smallest absolute Gasteiger partial charge is 0.197 e. The predicted octanol–water partition coefficient (Wildman–Crippen LogP) is 5.18. The molecule has 0 aromatic heterocycles. The van der Waals surface area contributed by atoms with E-state index in [4.69, 9.17) is 0 Å². The van der Waals surface area contributed by atoms with Crippen molar-refractivity contribution in [1.82, 2.24) is 10.6 Å². The van der Waals surface area contributed by atoms with Crippen LogP contribution < -0.4 is 10.6 Å². The molecule has 2 heterocycles. The van der Waals surface area contributed by atoms with Gasteiger partial charge in [-0.15, -0.1) is 0 Å². The third-order valence-electron chi connectivity index (χ3n) is 4.85. The highest BCUT2D eigenvalue weighted by molar-refractivity contribution is 6.39. The average molecular weight is 378 g/mol. The average Bonchev–Trinajstić information content (AvgIpc) is 3.47. The molecular formula is C23H43N3O. The number of rotatable bonds is 16. The van der Waals surface area contributed by atoms with E-state index in [1.54, 1.807) is 0 Å². The molecule has 156 valence electrons. The summed E-state index contributed by atoms with van der Waals surface area (Å²) in [6, 6.07) is 0. The van der Waals surface area contributed by atoms with Crippen LogP contribution >= 0.6 is 0 Å². The first kappa shape index (κ1) is 23.9. The zero-order chi connectivity index (χ0) is 19.4. The number of nitrogens with zero attached hydrogens (tertiary/aromatic N) is 1. The number of ketones is 1. The van der Waals surface area contributed by atoms with Gasteiger partial charge in [-0.3, -0.25) is 9.79 Å². The maximum absolute atomic E-state index is 11.8. The minimum absolute atomic E-state index is 0.199. The summed E-state index contributed by atoms with van der Waals surface area (Å²) >= 11 is 0. The summed E-state index contributed by atoms with van der Waals surface area (Å²) in [6.07, 6.45) is 22.2. The molecule has 0 unspecified atom stereocenters. The summed E-state index contributed by atoms with van der Waals surface area (Å²) < 4.78 is 0. The van der Waals surface area contributed by atoms with E-state index < -0.39 is 0 Å². The predicted molar refractivity (Wildman–Crippen MR) is 118 cm³/mol. The fraction of sp³-hybridized carbons (Fsp3) is 0.826. The van der Waals surface area contributed by atoms with Gasteiger partial charge in [0.25, 0.3) is 0 Å². The summed E-state index contributed by atoms with van der Waals surface area (Å²) in [6.45, 7) is 6.35. The second-order valence-electron chi connectivity index (χ2n) is 7.66. The minimum atomic E-state index is 0.199. The number of carbonyl (C=O) groups is 1. The van der Waals surface area contributed by atoms with Crippen LogP contribution in [0.2, 0.25) is 0 Å². The molecule has 1 fully saturated rings. The minimum Gasteiger partial charge on any atom is -0.366 e. The van der Waals surface area contributed by atoms with Gasteiger partial charge in [-0.2, -0.15) is 0 Å². The maximum atomic E-state index is 11.8. The van der Waals surface area contributed by atoms with Crippen LogP contribution in [0.5, 0.6) is 0 Å². The highest BCUT2D eigenvalue weighted by atomic mass is 16.1. The van der Waals surface area contributed by atoms with Gasteiger partial charge >= 0.3 is 0 Å². The number of hydrogen-bond donors (Lipinski definition) is 2. The van der Waals surface area contributed by atoms with Crippen molar-refractivity contribution in [2.45, 2.75) is 96.8 Å². The Morgan fingerprint density at radius 3 is 1.93 bits per heavy atom. The zero-order valence-electron chi connectivity index (χ0n) is 17.7. The monoisotopic (exact) mass is 377 g/mol. The van der Waals surface area contributed by atoms with Crippen LogP contribution in [-0.2, 0) is 4.79 Å². The Bertz CT molecular complexity index is 413. The number of nitrogens with one attached hydrogen (secondary N) is 2. The second-order valence-corrected chi connectivity index (χ2v) is 7.66. The molecule has 0 radical (unpaired) electrons. The van der Waals surface area contributed by atoms with E-state index in [-0.39, 0.29) is 5.78 Å². The molecule has 27 heavy (non-hydrogen) atoms. The lowest BCUT2D eigenvalue weighted by Gasteiger charge is -2.02. The quantitative estimate of drug-likeness (QED) is 0.221. The molecule has 4 heteroatoms. The Hall–Kier alpha value is -1.16. The number of unbranched alkanes of at least 4 members (excludes halogenated alkanes) is 11. The molecule has 0 atom stereocenters. The topological polar surface area (TPSA) is 63.4 Å². The highest BCUT2D eigenvalue weighted by Crippen LogP contribution is 2.10. The van der Waals surface area contributed by atoms with Gasteiger partial charge in [-0.1, -0.05) is 70.4 Å². The van der Waals surface area contributed by atoms with Gasteiger partial charge in [-0.25, -0.2) is 0 Å². The van der Waals surface area contributed by atoms with Crippen molar-refractivity contribution in [3.8, 4) is 0 Å². The van der Waals surface area contributed by atoms with Crippen LogP contribution in [0.1, 0.15) is 96.8 Å². The Kier molecular flexibility index (Phi) is 16.1. The first-order valence-electron chi connectivity index (χ1n) is 11.5. The molecule has 0 amide bonds. The Balaban J connectivity index is 0.00000110. The third-order valence-corrected chi connectivity index (χ3v) is 4.85. The zero-order valence-corrected chi connectivity index (χ0v) is 17.7. The van der Waals surface area contributed by atoms with Gasteiger partial charge < -0.3 is 10.6 Å². The molecule has 2 N–H and O–H groups in total. The van der Waals surface area contributed by atoms with Crippen molar-refractivity contribution in [1.29, 1.82) is 0 Å². The molecule has 2 aliphatic rings. The summed E-state index contributed by atoms with van der Waals surface area (Å²) in [7, 11) is 0. The Morgan fingerprint density at radius 2 is 1.41 bits per heavy atom. The van der Waals surface area contributed by atoms with Crippen molar-refractivity contribution in [3.05, 3.63) is 12.2 Å². The second kappa shape index (κ2) is 18.2. The molecule has 4 nitrogen and oxygen atoms in total. The molecular weight excluding hydrogens is 334 g/mol. The number of aliphatic imine (C=N–C) groups is 1. The van der Waals surface area contributed by atoms with Crippen molar-refractivity contribution in [3.63, 3.8) is 0 Å². The number of amidine groups is 1. The van der Waals surface area contributed by atoms with Gasteiger partial charge in [0.15, 0.2) is 11.6 Å². The molecule has 1 saturated heterocycles. The molecule has 2 rings (SSSR count). The van der Waals surface area contributed by atoms with Crippen LogP contribution in [-0.4, -0.2) is 37.8 Å². The van der Waals surface area contributed by atoms with Crippen molar-refractivity contribution >= 4 is 11.6 Å². The van der Waals surface area contributed by atoms with Crippen LogP contribution in [0.3, 0.4) is 0 Å². The summed E-state index contributed by atoms with van der Waals surface area (Å²) in [5.74, 6) is 0.815. The van der Waals surface area contributed by atoms with Crippen molar-refractivity contribution < 1.29 is 4.79 Å². The van der Waals surface area contributed by atoms with Crippen LogP contribution in [0.15, 0.2) is 17.1 Å². The van der Waals surface area contributed by atoms with Gasteiger partial charge in [0.05, 0.1) is 6.54 Å². The SMILES string of the molecule is C1CN1.CCCCCCCCC=CCCCCCCCC(=O)C1=NCCN1. The van der Waals surface area contributed by atoms with E-state index in [0.717, 1.165) is 19.5 Å². The van der Waals surface area contributed by atoms with Crippen molar-refractivity contribution in [2.75, 3.05) is 26.2 Å². The molecule has 0 aromatic rings. The highest BCUT2D eigenvalue weighted by Gasteiger charge is 2.13. The number of allylic oxidation sites excluding steroid dienone is 2. The fourth-order valence-electron chi connectivity index (χ4n) is 3.06. The lowest BCUT2D eigenvalue weighted by atomic mass is 10.1. The van der Waals surface area contributed by atoms with E-state index in [0.29, 0.717) is 12.3 Å². The van der Waals surface area contributed by atoms with Crippen LogP contribution in [0, 0.1) is 0 Å². The van der Waals surface area contributed by atoms with Crippen LogP contribution in [0.25, 0.3) is 0 Å². The van der Waals surface area contributed by atoms with Crippen molar-refractivity contribution in [2.24, 2.45) is 4.99 Å². The van der Waals surface area contributed by atoms with E-state index in [1.165, 1.54) is 90.1 Å². The normalized spacial score (nSPS) is 15.2. The van der Waals surface area contributed by atoms with E-state index >= 15 is 0 Å². The lowest BCUT2D eigenvalue weighted by molar-refractivity contribution is -0.113. The van der Waals surface area contributed by atoms with Gasteiger partial charge in [0.2, 0.25) is 0 Å². The summed E-state index contributed by atoms with van der Waals surface area (Å²) in [5.41, 5.74) is 0. The van der Waals surface area contributed by atoms with E-state index in [9.17, 15) is 4.79 Å². The first-order valence-corrected chi connectivity index (χ1v) is 11.5. The largest absolute Gasteiger partial charge is 0.366 e. The Morgan fingerprint density at radius 1 is 0.852 bits per heavy atom. The van der Waals surface area contributed by atoms with Gasteiger partial charge in [0, 0.05) is 26.1 Å². The maximum Gasteiger partial charge on any atom is 0.197 e. The standard InChI is InChI=1S/C21H38N2O.C2H5N/c1-2-3-4-5-6-7-8-9-10-11-12-13-14-15-16-17-20(24)21-22-18-19-23-21;1-2-3-1/h9-10H,2-8,11-19H2,1H3,(H,22,23);3H,1-2H2. The lowest BCUT2D eigenvalue weighted by Crippen LogP contribution is -2.26. The van der Waals surface area contributed by atoms with E-state index in [2.05, 4.69) is 34.7 Å². The molecule has 0 bridgehead atoms. The molecule has 2 aliphatic heterocycles. The number of hydrogen-bond acceptors (Lipinski definition) is 4.